The van der Waals surface area contributed by atoms with Crippen LogP contribution in [0, 0.1) is 0 Å². The van der Waals surface area contributed by atoms with Crippen LogP contribution in [0.2, 0.25) is 0 Å². The van der Waals surface area contributed by atoms with Crippen LogP contribution >= 0.6 is 0 Å². The number of benzene rings is 2. The first-order valence-corrected chi connectivity index (χ1v) is 11.9. The van der Waals surface area contributed by atoms with Gasteiger partial charge in [0.2, 0.25) is 0 Å². The summed E-state index contributed by atoms with van der Waals surface area (Å²) in [5.41, 5.74) is 3.61. The lowest BCUT2D eigenvalue weighted by Gasteiger charge is -2.28. The van der Waals surface area contributed by atoms with Gasteiger partial charge in [0, 0.05) is 22.7 Å². The number of ketones is 1. The van der Waals surface area contributed by atoms with Gasteiger partial charge in [-0.15, -0.1) is 0 Å². The Labute approximate surface area is 191 Å². The van der Waals surface area contributed by atoms with Crippen LogP contribution in [0.3, 0.4) is 0 Å². The van der Waals surface area contributed by atoms with Gasteiger partial charge in [0.05, 0.1) is 12.1 Å². The lowest BCUT2D eigenvalue weighted by atomic mass is 9.88. The molecule has 3 aromatic rings. The summed E-state index contributed by atoms with van der Waals surface area (Å²) >= 11 is 0. The van der Waals surface area contributed by atoms with E-state index in [0.29, 0.717) is 17.0 Å². The van der Waals surface area contributed by atoms with Crippen LogP contribution in [0.25, 0.3) is 10.9 Å². The van der Waals surface area contributed by atoms with Crippen LogP contribution in [-0.4, -0.2) is 42.1 Å². The number of aromatic nitrogens is 1. The largest absolute Gasteiger partial charge is 0.494 e. The molecule has 170 valence electrons. The molecule has 0 spiro atoms. The zero-order valence-corrected chi connectivity index (χ0v) is 19.3. The van der Waals surface area contributed by atoms with E-state index >= 15 is 0 Å². The van der Waals surface area contributed by atoms with Gasteiger partial charge in [-0.3, -0.25) is 9.47 Å². The molecule has 2 heterocycles. The molecule has 5 nitrogen and oxygen atoms in total. The Morgan fingerprint density at radius 1 is 1.03 bits per heavy atom. The lowest BCUT2D eigenvalue weighted by molar-refractivity contribution is 0.103. The topological polar surface area (TPSA) is 60.5 Å². The van der Waals surface area contributed by atoms with Gasteiger partial charge in [0.25, 0.3) is 0 Å². The first-order chi connectivity index (χ1) is 15.6. The summed E-state index contributed by atoms with van der Waals surface area (Å²) in [6.07, 6.45) is 9.00. The molecule has 1 aliphatic rings. The molecule has 4 rings (SSSR count). The highest BCUT2D eigenvalue weighted by Gasteiger charge is 2.23. The number of piperidine rings is 1. The summed E-state index contributed by atoms with van der Waals surface area (Å²) < 4.78 is 7.51. The van der Waals surface area contributed by atoms with Crippen LogP contribution in [-0.2, 0) is 0 Å². The third-order valence-electron chi connectivity index (χ3n) is 6.67. The molecular formula is C27H35N3O2. The van der Waals surface area contributed by atoms with E-state index in [1.807, 2.05) is 48.7 Å². The highest BCUT2D eigenvalue weighted by Crippen LogP contribution is 2.34. The Bertz CT molecular complexity index is 1050. The highest BCUT2D eigenvalue weighted by atomic mass is 16.5. The maximum atomic E-state index is 13.2. The molecule has 0 radical (unpaired) electrons. The fraction of sp³-hybridized carbons (Fsp3) is 0.444. The fourth-order valence-corrected chi connectivity index (χ4v) is 4.66. The van der Waals surface area contributed by atoms with Crippen molar-refractivity contribution in [3.8, 4) is 5.75 Å². The number of likely N-dealkylation sites (tertiary alicyclic amines) is 1. The smallest absolute Gasteiger partial charge is 0.193 e. The van der Waals surface area contributed by atoms with Crippen molar-refractivity contribution >= 4 is 16.7 Å². The number of fused-ring (bicyclic) bond motifs is 1. The molecule has 1 aromatic heterocycles. The molecule has 0 aliphatic carbocycles. The second-order valence-corrected chi connectivity index (χ2v) is 9.06. The van der Waals surface area contributed by atoms with E-state index < -0.39 is 0 Å². The van der Waals surface area contributed by atoms with E-state index in [9.17, 15) is 4.79 Å². The SMILES string of the molecule is CCCCCCOc1ccc(C(=O)c2ccc3c(c2)c(C2CCN(C)CC2)cn3N)cc1. The molecular weight excluding hydrogens is 398 g/mol. The number of carbonyl (C=O) groups excluding carboxylic acids is 1. The Balaban J connectivity index is 1.49. The molecule has 0 unspecified atom stereocenters. The van der Waals surface area contributed by atoms with Crippen LogP contribution in [0.1, 0.15) is 72.9 Å². The zero-order chi connectivity index (χ0) is 22.5. The van der Waals surface area contributed by atoms with Gasteiger partial charge in [0.1, 0.15) is 5.75 Å². The van der Waals surface area contributed by atoms with Crippen molar-refractivity contribution in [3.05, 3.63) is 65.4 Å². The van der Waals surface area contributed by atoms with Gasteiger partial charge < -0.3 is 15.5 Å². The Morgan fingerprint density at radius 3 is 2.47 bits per heavy atom. The van der Waals surface area contributed by atoms with Crippen molar-refractivity contribution < 1.29 is 9.53 Å². The summed E-state index contributed by atoms with van der Waals surface area (Å²) in [4.78, 5) is 15.6. The van der Waals surface area contributed by atoms with Gasteiger partial charge in [-0.05, 0) is 93.3 Å². The molecule has 1 fully saturated rings. The molecule has 2 aromatic carbocycles. The number of unbranched alkanes of at least 4 members (excludes halogenated alkanes) is 3. The lowest BCUT2D eigenvalue weighted by Crippen LogP contribution is -2.29. The molecule has 2 N–H and O–H groups in total. The number of ether oxygens (including phenoxy) is 1. The molecule has 5 heteroatoms. The van der Waals surface area contributed by atoms with Crippen molar-refractivity contribution in [2.24, 2.45) is 0 Å². The van der Waals surface area contributed by atoms with Gasteiger partial charge >= 0.3 is 0 Å². The van der Waals surface area contributed by atoms with Crippen LogP contribution in [0.4, 0.5) is 0 Å². The van der Waals surface area contributed by atoms with Crippen molar-refractivity contribution in [2.45, 2.75) is 51.4 Å². The number of hydrogen-bond donors (Lipinski definition) is 1. The molecule has 0 saturated carbocycles. The average molecular weight is 434 g/mol. The van der Waals surface area contributed by atoms with Crippen molar-refractivity contribution in [1.29, 1.82) is 0 Å². The minimum absolute atomic E-state index is 0.0282. The molecule has 1 saturated heterocycles. The number of nitrogens with zero attached hydrogens (tertiary/aromatic N) is 2. The zero-order valence-electron chi connectivity index (χ0n) is 19.3. The monoisotopic (exact) mass is 433 g/mol. The van der Waals surface area contributed by atoms with Gasteiger partial charge in [-0.25, -0.2) is 0 Å². The minimum atomic E-state index is 0.0282. The van der Waals surface area contributed by atoms with Crippen molar-refractivity contribution in [2.75, 3.05) is 32.6 Å². The number of nitrogens with two attached hydrogens (primary N) is 1. The quantitative estimate of drug-likeness (QED) is 0.281. The standard InChI is InChI=1S/C27H35N3O2/c1-3-4-5-6-17-32-23-10-7-21(8-11-23)27(31)22-9-12-26-24(18-22)25(19-30(26)28)20-13-15-29(2)16-14-20/h7-12,18-20H,3-6,13-17,28H2,1-2H3. The normalized spacial score (nSPS) is 15.3. The summed E-state index contributed by atoms with van der Waals surface area (Å²) in [5, 5.41) is 1.10. The van der Waals surface area contributed by atoms with Crippen LogP contribution in [0.15, 0.2) is 48.7 Å². The number of carbonyl (C=O) groups is 1. The van der Waals surface area contributed by atoms with Gasteiger partial charge in [-0.1, -0.05) is 26.2 Å². The minimum Gasteiger partial charge on any atom is -0.494 e. The Morgan fingerprint density at radius 2 is 1.75 bits per heavy atom. The molecule has 0 bridgehead atoms. The predicted molar refractivity (Wildman–Crippen MR) is 131 cm³/mol. The van der Waals surface area contributed by atoms with E-state index in [2.05, 4.69) is 18.9 Å². The van der Waals surface area contributed by atoms with E-state index in [1.165, 1.54) is 24.8 Å². The Kier molecular flexibility index (Phi) is 7.15. The molecule has 0 amide bonds. The highest BCUT2D eigenvalue weighted by molar-refractivity contribution is 6.10. The third kappa shape index (κ3) is 4.99. The van der Waals surface area contributed by atoms with E-state index in [4.69, 9.17) is 10.6 Å². The summed E-state index contributed by atoms with van der Waals surface area (Å²) in [5.74, 6) is 7.57. The number of rotatable bonds is 9. The van der Waals surface area contributed by atoms with Crippen LogP contribution in [0.5, 0.6) is 5.75 Å². The fourth-order valence-electron chi connectivity index (χ4n) is 4.66. The third-order valence-corrected chi connectivity index (χ3v) is 6.67. The average Bonchev–Trinajstić information content (AvgIpc) is 3.15. The number of hydrogen-bond acceptors (Lipinski definition) is 4. The maximum absolute atomic E-state index is 13.2. The van der Waals surface area contributed by atoms with Gasteiger partial charge in [-0.2, -0.15) is 0 Å². The van der Waals surface area contributed by atoms with E-state index in [-0.39, 0.29) is 5.78 Å². The second kappa shape index (κ2) is 10.2. The van der Waals surface area contributed by atoms with Crippen molar-refractivity contribution in [1.82, 2.24) is 9.58 Å². The first-order valence-electron chi connectivity index (χ1n) is 11.9. The second-order valence-electron chi connectivity index (χ2n) is 9.06. The number of nitrogen functional groups attached to an aromatic ring is 1. The predicted octanol–water partition coefficient (Wildman–Crippen LogP) is 5.35. The maximum Gasteiger partial charge on any atom is 0.193 e. The first kappa shape index (κ1) is 22.4. The summed E-state index contributed by atoms with van der Waals surface area (Å²) in [7, 11) is 2.17. The van der Waals surface area contributed by atoms with Crippen LogP contribution < -0.4 is 10.6 Å². The van der Waals surface area contributed by atoms with E-state index in [0.717, 1.165) is 55.6 Å². The molecule has 32 heavy (non-hydrogen) atoms. The Hall–Kier alpha value is -2.79. The molecule has 1 aliphatic heterocycles. The molecule has 0 atom stereocenters. The van der Waals surface area contributed by atoms with Crippen molar-refractivity contribution in [3.63, 3.8) is 0 Å². The van der Waals surface area contributed by atoms with E-state index in [1.54, 1.807) is 4.68 Å². The summed E-state index contributed by atoms with van der Waals surface area (Å²) in [6, 6.07) is 13.4. The van der Waals surface area contributed by atoms with Gasteiger partial charge in [0.15, 0.2) is 5.78 Å². The summed E-state index contributed by atoms with van der Waals surface area (Å²) in [6.45, 7) is 5.11.